The summed E-state index contributed by atoms with van der Waals surface area (Å²) in [7, 11) is 1.25. The van der Waals surface area contributed by atoms with Crippen LogP contribution in [0.3, 0.4) is 0 Å². The first kappa shape index (κ1) is 14.0. The highest BCUT2D eigenvalue weighted by atomic mass is 16.5. The molecule has 4 heteroatoms. The quantitative estimate of drug-likeness (QED) is 0.437. The van der Waals surface area contributed by atoms with Gasteiger partial charge in [-0.1, -0.05) is 43.0 Å². The largest absolute Gasteiger partial charge is 0.468 e. The average molecular weight is 248 g/mol. The molecule has 0 aliphatic heterocycles. The molecular formula is C14H16O4. The Kier molecular flexibility index (Phi) is 5.64. The minimum atomic E-state index is -0.933. The third kappa shape index (κ3) is 4.05. The SMILES string of the molecule is C=CCOC(=O)C(Cc1ccccc1)C(=O)OC. The molecule has 1 rings (SSSR count). The van der Waals surface area contributed by atoms with Crippen molar-refractivity contribution in [1.82, 2.24) is 0 Å². The van der Waals surface area contributed by atoms with Gasteiger partial charge in [0, 0.05) is 0 Å². The number of esters is 2. The first-order valence-corrected chi connectivity index (χ1v) is 5.58. The summed E-state index contributed by atoms with van der Waals surface area (Å²) < 4.78 is 9.51. The van der Waals surface area contributed by atoms with Gasteiger partial charge in [0.05, 0.1) is 7.11 Å². The van der Waals surface area contributed by atoms with Crippen LogP contribution in [0, 0.1) is 5.92 Å². The zero-order valence-corrected chi connectivity index (χ0v) is 10.3. The number of rotatable bonds is 6. The highest BCUT2D eigenvalue weighted by molar-refractivity contribution is 5.95. The topological polar surface area (TPSA) is 52.6 Å². The third-order valence-electron chi connectivity index (χ3n) is 2.40. The van der Waals surface area contributed by atoms with Crippen LogP contribution in [0.4, 0.5) is 0 Å². The molecule has 0 saturated heterocycles. The summed E-state index contributed by atoms with van der Waals surface area (Å²) in [5.41, 5.74) is 0.878. The zero-order valence-electron chi connectivity index (χ0n) is 10.3. The van der Waals surface area contributed by atoms with Crippen LogP contribution >= 0.6 is 0 Å². The van der Waals surface area contributed by atoms with Crippen molar-refractivity contribution in [3.8, 4) is 0 Å². The monoisotopic (exact) mass is 248 g/mol. The second-order valence-corrected chi connectivity index (χ2v) is 3.68. The van der Waals surface area contributed by atoms with Gasteiger partial charge in [-0.25, -0.2) is 0 Å². The Bertz CT molecular complexity index is 411. The number of hydrogen-bond donors (Lipinski definition) is 0. The summed E-state index contributed by atoms with van der Waals surface area (Å²) in [6.45, 7) is 3.53. The fraction of sp³-hybridized carbons (Fsp3) is 0.286. The predicted octanol–water partition coefficient (Wildman–Crippen LogP) is 1.75. The van der Waals surface area contributed by atoms with Crippen LogP contribution in [0.2, 0.25) is 0 Å². The molecule has 1 aromatic carbocycles. The summed E-state index contributed by atoms with van der Waals surface area (Å²) in [5, 5.41) is 0. The molecule has 0 fully saturated rings. The maximum atomic E-state index is 11.7. The maximum absolute atomic E-state index is 11.7. The Morgan fingerprint density at radius 1 is 1.28 bits per heavy atom. The normalized spacial score (nSPS) is 11.4. The van der Waals surface area contributed by atoms with E-state index in [1.807, 2.05) is 30.3 Å². The highest BCUT2D eigenvalue weighted by Crippen LogP contribution is 2.12. The number of methoxy groups -OCH3 is 1. The molecule has 1 atom stereocenters. The van der Waals surface area contributed by atoms with Gasteiger partial charge >= 0.3 is 11.9 Å². The molecule has 0 N–H and O–H groups in total. The molecule has 0 bridgehead atoms. The standard InChI is InChI=1S/C14H16O4/c1-3-9-18-14(16)12(13(15)17-2)10-11-7-5-4-6-8-11/h3-8,12H,1,9-10H2,2H3. The number of benzene rings is 1. The fourth-order valence-corrected chi connectivity index (χ4v) is 1.50. The summed E-state index contributed by atoms with van der Waals surface area (Å²) in [6, 6.07) is 9.25. The molecule has 0 aliphatic rings. The van der Waals surface area contributed by atoms with E-state index >= 15 is 0 Å². The van der Waals surface area contributed by atoms with Crippen LogP contribution in [0.1, 0.15) is 5.56 Å². The molecule has 0 saturated carbocycles. The zero-order chi connectivity index (χ0) is 13.4. The molecular weight excluding hydrogens is 232 g/mol. The molecule has 0 aromatic heterocycles. The number of ether oxygens (including phenoxy) is 2. The Morgan fingerprint density at radius 2 is 1.94 bits per heavy atom. The van der Waals surface area contributed by atoms with Gasteiger partial charge in [0.2, 0.25) is 0 Å². The van der Waals surface area contributed by atoms with E-state index in [9.17, 15) is 9.59 Å². The van der Waals surface area contributed by atoms with Crippen LogP contribution in [0.5, 0.6) is 0 Å². The summed E-state index contributed by atoms with van der Waals surface area (Å²) in [6.07, 6.45) is 1.72. The van der Waals surface area contributed by atoms with E-state index in [1.165, 1.54) is 13.2 Å². The summed E-state index contributed by atoms with van der Waals surface area (Å²) >= 11 is 0. The van der Waals surface area contributed by atoms with Crippen molar-refractivity contribution >= 4 is 11.9 Å². The molecule has 96 valence electrons. The first-order valence-electron chi connectivity index (χ1n) is 5.58. The first-order chi connectivity index (χ1) is 8.69. The van der Waals surface area contributed by atoms with Gasteiger partial charge in [0.1, 0.15) is 6.61 Å². The summed E-state index contributed by atoms with van der Waals surface area (Å²) in [4.78, 5) is 23.3. The van der Waals surface area contributed by atoms with Gasteiger partial charge in [0.25, 0.3) is 0 Å². The summed E-state index contributed by atoms with van der Waals surface area (Å²) in [5.74, 6) is -2.11. The Morgan fingerprint density at radius 3 is 2.50 bits per heavy atom. The van der Waals surface area contributed by atoms with Crippen LogP contribution in [0.15, 0.2) is 43.0 Å². The molecule has 1 unspecified atom stereocenters. The lowest BCUT2D eigenvalue weighted by Gasteiger charge is -2.13. The van der Waals surface area contributed by atoms with E-state index < -0.39 is 17.9 Å². The van der Waals surface area contributed by atoms with Crippen LogP contribution in [-0.4, -0.2) is 25.7 Å². The Labute approximate surface area is 106 Å². The Balaban J connectivity index is 2.75. The second kappa shape index (κ2) is 7.27. The lowest BCUT2D eigenvalue weighted by atomic mass is 9.99. The van der Waals surface area contributed by atoms with Crippen molar-refractivity contribution in [2.24, 2.45) is 5.92 Å². The second-order valence-electron chi connectivity index (χ2n) is 3.68. The Hall–Kier alpha value is -2.10. The van der Waals surface area contributed by atoms with Gasteiger partial charge in [-0.2, -0.15) is 0 Å². The fourth-order valence-electron chi connectivity index (χ4n) is 1.50. The van der Waals surface area contributed by atoms with Crippen molar-refractivity contribution in [2.45, 2.75) is 6.42 Å². The van der Waals surface area contributed by atoms with Crippen molar-refractivity contribution < 1.29 is 19.1 Å². The highest BCUT2D eigenvalue weighted by Gasteiger charge is 2.29. The van der Waals surface area contributed by atoms with Crippen LogP contribution in [-0.2, 0) is 25.5 Å². The van der Waals surface area contributed by atoms with E-state index in [0.717, 1.165) is 5.56 Å². The van der Waals surface area contributed by atoms with Crippen molar-refractivity contribution in [3.05, 3.63) is 48.6 Å². The molecule has 0 spiro atoms. The number of hydrogen-bond acceptors (Lipinski definition) is 4. The van der Waals surface area contributed by atoms with Crippen molar-refractivity contribution in [2.75, 3.05) is 13.7 Å². The molecule has 0 amide bonds. The molecule has 0 aliphatic carbocycles. The van der Waals surface area contributed by atoms with E-state index in [0.29, 0.717) is 0 Å². The average Bonchev–Trinajstić information content (AvgIpc) is 2.42. The number of carbonyl (C=O) groups is 2. The van der Waals surface area contributed by atoms with Crippen LogP contribution in [0.25, 0.3) is 0 Å². The van der Waals surface area contributed by atoms with Gasteiger partial charge in [-0.05, 0) is 12.0 Å². The minimum absolute atomic E-state index is 0.0844. The molecule has 4 nitrogen and oxygen atoms in total. The lowest BCUT2D eigenvalue weighted by Crippen LogP contribution is -2.29. The number of carbonyl (C=O) groups excluding carboxylic acids is 2. The predicted molar refractivity (Wildman–Crippen MR) is 66.8 cm³/mol. The third-order valence-corrected chi connectivity index (χ3v) is 2.40. The van der Waals surface area contributed by atoms with Crippen LogP contribution < -0.4 is 0 Å². The molecule has 0 heterocycles. The maximum Gasteiger partial charge on any atom is 0.320 e. The van der Waals surface area contributed by atoms with E-state index in [2.05, 4.69) is 11.3 Å². The molecule has 1 aromatic rings. The van der Waals surface area contributed by atoms with Gasteiger partial charge in [-0.15, -0.1) is 0 Å². The lowest BCUT2D eigenvalue weighted by molar-refractivity contribution is -0.159. The van der Waals surface area contributed by atoms with E-state index in [4.69, 9.17) is 4.74 Å². The van der Waals surface area contributed by atoms with Crippen molar-refractivity contribution in [1.29, 1.82) is 0 Å². The molecule has 18 heavy (non-hydrogen) atoms. The van der Waals surface area contributed by atoms with E-state index in [-0.39, 0.29) is 13.0 Å². The van der Waals surface area contributed by atoms with E-state index in [1.54, 1.807) is 0 Å². The molecule has 0 radical (unpaired) electrons. The smallest absolute Gasteiger partial charge is 0.320 e. The van der Waals surface area contributed by atoms with Crippen molar-refractivity contribution in [3.63, 3.8) is 0 Å². The van der Waals surface area contributed by atoms with Gasteiger partial charge in [-0.3, -0.25) is 9.59 Å². The van der Waals surface area contributed by atoms with Gasteiger partial charge in [0.15, 0.2) is 5.92 Å². The van der Waals surface area contributed by atoms with Gasteiger partial charge < -0.3 is 9.47 Å². The minimum Gasteiger partial charge on any atom is -0.468 e.